The Hall–Kier alpha value is -1.58. The Morgan fingerprint density at radius 2 is 0.380 bits per heavy atom. The predicted molar refractivity (Wildman–Crippen MR) is 651 cm³/mol. The van der Waals surface area contributed by atoms with Gasteiger partial charge in [0.25, 0.3) is 0 Å². The number of hydrogen-bond donors (Lipinski definition) is 0. The first-order valence-electron chi connectivity index (χ1n) is 56.1. The summed E-state index contributed by atoms with van der Waals surface area (Å²) in [6.07, 6.45) is -2.39. The van der Waals surface area contributed by atoms with Gasteiger partial charge in [0.1, 0.15) is 0 Å². The monoisotopic (exact) mass is 2330 g/mol. The summed E-state index contributed by atoms with van der Waals surface area (Å²) in [4.78, 5) is 0. The summed E-state index contributed by atoms with van der Waals surface area (Å²) in [5, 5.41) is 0. The Balaban J connectivity index is 0.00000100. The molecule has 0 aromatic heterocycles. The molecule has 0 saturated carbocycles. The van der Waals surface area contributed by atoms with E-state index < -0.39 is 127 Å². The third-order valence-electron chi connectivity index (χ3n) is 26.7. The van der Waals surface area contributed by atoms with E-state index in [2.05, 4.69) is 371 Å². The van der Waals surface area contributed by atoms with Crippen LogP contribution in [0.4, 0.5) is 26.3 Å². The minimum Gasteiger partial charge on any atom is -0.437 e. The van der Waals surface area contributed by atoms with Crippen molar-refractivity contribution >= 4 is 102 Å². The number of benzene rings is 4. The van der Waals surface area contributed by atoms with Crippen molar-refractivity contribution in [3.8, 4) is 0 Å². The van der Waals surface area contributed by atoms with Crippen molar-refractivity contribution in [2.45, 2.75) is 477 Å². The minimum absolute atomic E-state index is 0.0530. The van der Waals surface area contributed by atoms with Gasteiger partial charge in [-0.15, -0.1) is 0 Å². The van der Waals surface area contributed by atoms with Crippen molar-refractivity contribution in [2.75, 3.05) is 52.9 Å². The fourth-order valence-electron chi connectivity index (χ4n) is 17.0. The van der Waals surface area contributed by atoms with Crippen molar-refractivity contribution in [3.05, 3.63) is 142 Å². The third kappa shape index (κ3) is 74.1. The molecular weight excluding hydrogens is 2100 g/mol. The number of halogens is 6. The molecule has 0 bridgehead atoms. The first-order valence-corrected chi connectivity index (χ1v) is 90.5. The molecule has 4 aromatic rings. The van der Waals surface area contributed by atoms with Gasteiger partial charge in [-0.05, 0) is 343 Å². The highest BCUT2D eigenvalue weighted by Crippen LogP contribution is 2.40. The summed E-state index contributed by atoms with van der Waals surface area (Å²) in [5.74, 6) is 2.04. The van der Waals surface area contributed by atoms with Crippen LogP contribution in [0.2, 0.25) is 180 Å². The molecule has 0 fully saturated rings. The maximum atomic E-state index is 13.3. The van der Waals surface area contributed by atoms with Crippen LogP contribution in [0.5, 0.6) is 0 Å². The zero-order valence-electron chi connectivity index (χ0n) is 105. The maximum Gasteiger partial charge on any atom is 0.389 e. The molecule has 0 saturated heterocycles. The summed E-state index contributed by atoms with van der Waals surface area (Å²) in [5.41, 5.74) is 11.6. The van der Waals surface area contributed by atoms with Gasteiger partial charge in [0.2, 0.25) is 0 Å². The average Bonchev–Trinajstić information content (AvgIpc) is 0.823. The molecule has 4 atom stereocenters. The van der Waals surface area contributed by atoms with Gasteiger partial charge < -0.3 is 69.6 Å². The summed E-state index contributed by atoms with van der Waals surface area (Å²) >= 11 is 0. The summed E-state index contributed by atoms with van der Waals surface area (Å²) in [6.45, 7) is 116. The highest BCUT2D eigenvalue weighted by atomic mass is 28.5. The van der Waals surface area contributed by atoms with E-state index in [1.54, 1.807) is 6.55 Å². The molecular formula is C116H226F6O16Si12. The number of hydrogen-bond acceptors (Lipinski definition) is 16. The molecule has 4 aromatic carbocycles. The van der Waals surface area contributed by atoms with Crippen molar-refractivity contribution in [3.63, 3.8) is 0 Å². The zero-order chi connectivity index (χ0) is 116. The van der Waals surface area contributed by atoms with E-state index in [0.29, 0.717) is 87.4 Å². The Morgan fingerprint density at radius 1 is 0.213 bits per heavy atom. The quantitative estimate of drug-likeness (QED) is 0.0234. The zero-order valence-corrected chi connectivity index (χ0v) is 117. The first kappa shape index (κ1) is 146. The fraction of sp³-hybridized carbons (Fsp3) is 0.793. The average molecular weight is 2330 g/mol. The van der Waals surface area contributed by atoms with Crippen LogP contribution in [0.1, 0.15) is 277 Å². The van der Waals surface area contributed by atoms with Crippen LogP contribution >= 0.6 is 0 Å². The van der Waals surface area contributed by atoms with Crippen LogP contribution in [-0.2, 0) is 122 Å². The second kappa shape index (κ2) is 61.7. The van der Waals surface area contributed by atoms with Crippen LogP contribution in [0, 0.1) is 67.0 Å². The van der Waals surface area contributed by atoms with E-state index >= 15 is 0 Å². The van der Waals surface area contributed by atoms with Crippen molar-refractivity contribution in [1.82, 2.24) is 0 Å². The van der Waals surface area contributed by atoms with E-state index in [1.165, 1.54) is 33.4 Å². The standard InChI is InChI=1S/C32H53F3O4Si3.C30H52O4Si3.C28H61F3O4Si3.C26H60O4Si3/c1-30(2,3)22-26-12-16-28(17-13-26)24-36-40(7,8)38-42(11,21-20-32(33,34)35)39-41(9,10)37-25-29-18-14-27(15-19-29)23-31(4,5)6;1-29(2,3)21-25-13-17-27(18-14-25)23-31-35(7,8)33-37(11,12)34-36(9,10)32-24-28-19-15-26(16-20-28)22-30(4,5)6;1-24(26(3,4)5)22-32-17-14-19-36(9,10)34-38(13,21-16-28(29,30)31)35-37(11,12)20-15-18-33-23-25(2)27(6,7)8;1-23(25(3,4)5)21-27-17-15-19-31(9,10)29-33(13,14)30-32(11,12)20-16-18-28-22-24(2)26(6,7)8/h12-19H,20-25H2,1-11H3;13-20H,21-24H2,1-12H3;24-25H,14-23H2,1-13H3;23-24H,15-22H2,1-14H3. The molecule has 4 unspecified atom stereocenters. The molecule has 0 aliphatic heterocycles. The molecule has 0 radical (unpaired) electrons. The summed E-state index contributed by atoms with van der Waals surface area (Å²) < 4.78 is 181. The predicted octanol–water partition coefficient (Wildman–Crippen LogP) is 36.7. The number of alkyl halides is 6. The molecule has 34 heteroatoms. The molecule has 16 nitrogen and oxygen atoms in total. The molecule has 876 valence electrons. The lowest BCUT2D eigenvalue weighted by Crippen LogP contribution is -2.56. The molecule has 0 N–H and O–H groups in total. The lowest BCUT2D eigenvalue weighted by Gasteiger charge is -2.41. The molecule has 150 heavy (non-hydrogen) atoms. The van der Waals surface area contributed by atoms with Gasteiger partial charge in [0, 0.05) is 65.7 Å². The number of rotatable bonds is 60. The Kier molecular flexibility index (Phi) is 60.2. The van der Waals surface area contributed by atoms with Crippen LogP contribution in [0.3, 0.4) is 0 Å². The van der Waals surface area contributed by atoms with Crippen LogP contribution in [0.15, 0.2) is 97.1 Å². The molecule has 0 spiro atoms. The number of ether oxygens (including phenoxy) is 4. The molecule has 0 heterocycles. The van der Waals surface area contributed by atoms with Gasteiger partial charge >= 0.3 is 80.8 Å². The van der Waals surface area contributed by atoms with Gasteiger partial charge in [-0.2, -0.15) is 26.3 Å². The summed E-state index contributed by atoms with van der Waals surface area (Å²) in [6, 6.07) is 37.8. The van der Waals surface area contributed by atoms with E-state index in [4.69, 9.17) is 69.6 Å². The van der Waals surface area contributed by atoms with Crippen LogP contribution < -0.4 is 0 Å². The highest BCUT2D eigenvalue weighted by molar-refractivity contribution is 6.89. The van der Waals surface area contributed by atoms with Crippen LogP contribution in [-0.4, -0.2) is 167 Å². The fourth-order valence-corrected chi connectivity index (χ4v) is 68.7. The van der Waals surface area contributed by atoms with Crippen molar-refractivity contribution in [1.29, 1.82) is 0 Å². The normalized spacial score (nSPS) is 15.3. The Bertz CT molecular complexity index is 4100. The molecule has 0 amide bonds. The van der Waals surface area contributed by atoms with E-state index in [1.807, 2.05) is 57.0 Å². The van der Waals surface area contributed by atoms with Gasteiger partial charge in [-0.25, -0.2) is 0 Å². The first-order chi connectivity index (χ1) is 67.2. The van der Waals surface area contributed by atoms with Gasteiger partial charge in [0.05, 0.1) is 26.4 Å². The smallest absolute Gasteiger partial charge is 0.389 e. The van der Waals surface area contributed by atoms with E-state index in [0.717, 1.165) is 113 Å². The second-order valence-electron chi connectivity index (χ2n) is 57.9. The van der Waals surface area contributed by atoms with Crippen molar-refractivity contribution in [2.24, 2.45) is 67.0 Å². The minimum atomic E-state index is -4.30. The molecule has 0 aliphatic carbocycles. The van der Waals surface area contributed by atoms with Gasteiger partial charge in [-0.3, -0.25) is 0 Å². The Labute approximate surface area is 929 Å². The Morgan fingerprint density at radius 3 is 0.560 bits per heavy atom. The maximum absolute atomic E-state index is 13.3. The van der Waals surface area contributed by atoms with Crippen LogP contribution in [0.25, 0.3) is 0 Å². The van der Waals surface area contributed by atoms with Crippen molar-refractivity contribution < 1.29 is 95.9 Å². The third-order valence-corrected chi connectivity index (χ3v) is 70.1. The lowest BCUT2D eigenvalue weighted by atomic mass is 9.83. The topological polar surface area (TPSA) is 148 Å². The molecule has 4 rings (SSSR count). The van der Waals surface area contributed by atoms with E-state index in [9.17, 15) is 26.3 Å². The lowest BCUT2D eigenvalue weighted by molar-refractivity contribution is -0.132. The highest BCUT2D eigenvalue weighted by Gasteiger charge is 2.50. The van der Waals surface area contributed by atoms with Gasteiger partial charge in [-0.1, -0.05) is 291 Å². The molecule has 0 aliphatic rings. The van der Waals surface area contributed by atoms with Gasteiger partial charge in [0.15, 0.2) is 33.3 Å². The SMILES string of the molecule is CC(C)(C)Cc1ccc(CO[Si](C)(C)O[Si](C)(C)O[Si](C)(C)OCc2ccc(CC(C)(C)C)cc2)cc1.CC(C)(C)Cc1ccc(CO[Si](C)(C)O[Si](C)(CCC(F)(F)F)O[Si](C)(C)OCc2ccc(CC(C)(C)C)cc2)cc1.CC(COCCC[Si](C)(C)O[Si](C)(C)O[Si](C)(C)CCCOCC(C)C(C)(C)C)C(C)(C)C.CC(COCCC[Si](C)(C)O[Si](C)(CCC(F)(F)F)O[Si](C)(C)CCCOCC(C)C(C)(C)C)C(C)(C)C. The summed E-state index contributed by atoms with van der Waals surface area (Å²) in [7, 11) is -29.4. The van der Waals surface area contributed by atoms with E-state index in [-0.39, 0.29) is 44.6 Å². The largest absolute Gasteiger partial charge is 0.437 e. The second-order valence-corrected chi connectivity index (χ2v) is 104.